The standard InChI is InChI=1S/C13H18Cl2/c1-9(2)12(8-14)7-11-5-4-10(3)6-13(11)15/h4-6,9,12H,7-8H2,1-3H3. The lowest BCUT2D eigenvalue weighted by atomic mass is 9.90. The Labute approximate surface area is 103 Å². The van der Waals surface area contributed by atoms with E-state index in [-0.39, 0.29) is 0 Å². The molecule has 0 N–H and O–H groups in total. The Hall–Kier alpha value is -0.200. The van der Waals surface area contributed by atoms with Crippen molar-refractivity contribution in [2.75, 3.05) is 5.88 Å². The first-order chi connectivity index (χ1) is 7.04. The van der Waals surface area contributed by atoms with Crippen LogP contribution in [0, 0.1) is 18.8 Å². The van der Waals surface area contributed by atoms with Crippen LogP contribution < -0.4 is 0 Å². The first-order valence-electron chi connectivity index (χ1n) is 5.35. The lowest BCUT2D eigenvalue weighted by Gasteiger charge is -2.18. The van der Waals surface area contributed by atoms with E-state index in [0.717, 1.165) is 11.4 Å². The van der Waals surface area contributed by atoms with Gasteiger partial charge in [0.15, 0.2) is 0 Å². The largest absolute Gasteiger partial charge is 0.126 e. The normalized spacial score (nSPS) is 13.2. The average Bonchev–Trinajstić information content (AvgIpc) is 2.16. The maximum Gasteiger partial charge on any atom is 0.0440 e. The van der Waals surface area contributed by atoms with Crippen molar-refractivity contribution in [3.63, 3.8) is 0 Å². The maximum atomic E-state index is 6.19. The molecule has 1 aromatic rings. The Bertz CT molecular complexity index is 318. The van der Waals surface area contributed by atoms with Crippen molar-refractivity contribution in [2.45, 2.75) is 27.2 Å². The van der Waals surface area contributed by atoms with Gasteiger partial charge < -0.3 is 0 Å². The van der Waals surface area contributed by atoms with Crippen molar-refractivity contribution in [2.24, 2.45) is 11.8 Å². The summed E-state index contributed by atoms with van der Waals surface area (Å²) in [5.41, 5.74) is 2.41. The molecule has 0 saturated carbocycles. The molecule has 0 amide bonds. The lowest BCUT2D eigenvalue weighted by molar-refractivity contribution is 0.422. The van der Waals surface area contributed by atoms with Crippen LogP contribution in [0.1, 0.15) is 25.0 Å². The molecule has 0 aliphatic rings. The van der Waals surface area contributed by atoms with Gasteiger partial charge in [-0.2, -0.15) is 0 Å². The SMILES string of the molecule is Cc1ccc(CC(CCl)C(C)C)c(Cl)c1. The van der Waals surface area contributed by atoms with E-state index >= 15 is 0 Å². The van der Waals surface area contributed by atoms with Crippen LogP contribution in [0.4, 0.5) is 0 Å². The molecule has 0 bridgehead atoms. The van der Waals surface area contributed by atoms with E-state index in [9.17, 15) is 0 Å². The van der Waals surface area contributed by atoms with Gasteiger partial charge in [0.25, 0.3) is 0 Å². The zero-order valence-corrected chi connectivity index (χ0v) is 11.1. The van der Waals surface area contributed by atoms with Crippen molar-refractivity contribution < 1.29 is 0 Å². The quantitative estimate of drug-likeness (QED) is 0.674. The molecule has 0 saturated heterocycles. The van der Waals surface area contributed by atoms with Crippen LogP contribution in [0.5, 0.6) is 0 Å². The molecule has 0 aromatic heterocycles. The average molecular weight is 245 g/mol. The Kier molecular flexibility index (Phi) is 4.95. The van der Waals surface area contributed by atoms with E-state index in [1.165, 1.54) is 11.1 Å². The van der Waals surface area contributed by atoms with Crippen molar-refractivity contribution in [1.29, 1.82) is 0 Å². The van der Waals surface area contributed by atoms with Crippen molar-refractivity contribution in [3.8, 4) is 0 Å². The zero-order valence-electron chi connectivity index (χ0n) is 9.56. The molecule has 1 rings (SSSR count). The van der Waals surface area contributed by atoms with Gasteiger partial charge in [-0.25, -0.2) is 0 Å². The minimum absolute atomic E-state index is 0.506. The molecule has 0 aliphatic heterocycles. The molecule has 0 heterocycles. The number of rotatable bonds is 4. The highest BCUT2D eigenvalue weighted by molar-refractivity contribution is 6.31. The summed E-state index contributed by atoms with van der Waals surface area (Å²) in [4.78, 5) is 0. The Morgan fingerprint density at radius 3 is 2.40 bits per heavy atom. The number of alkyl halides is 1. The fraction of sp³-hybridized carbons (Fsp3) is 0.538. The lowest BCUT2D eigenvalue weighted by Crippen LogP contribution is -2.13. The van der Waals surface area contributed by atoms with E-state index in [1.807, 2.05) is 6.07 Å². The molecule has 84 valence electrons. The number of hydrogen-bond donors (Lipinski definition) is 0. The van der Waals surface area contributed by atoms with Crippen molar-refractivity contribution in [1.82, 2.24) is 0 Å². The predicted octanol–water partition coefficient (Wildman–Crippen LogP) is 4.70. The van der Waals surface area contributed by atoms with Gasteiger partial charge in [0.1, 0.15) is 0 Å². The minimum Gasteiger partial charge on any atom is -0.126 e. The smallest absolute Gasteiger partial charge is 0.0440 e. The summed E-state index contributed by atoms with van der Waals surface area (Å²) in [5.74, 6) is 1.80. The number of hydrogen-bond acceptors (Lipinski definition) is 0. The summed E-state index contributed by atoms with van der Waals surface area (Å²) in [6.07, 6.45) is 0.972. The molecular weight excluding hydrogens is 227 g/mol. The van der Waals surface area contributed by atoms with Gasteiger partial charge in [0.05, 0.1) is 0 Å². The highest BCUT2D eigenvalue weighted by Crippen LogP contribution is 2.24. The van der Waals surface area contributed by atoms with Gasteiger partial charge in [0, 0.05) is 10.9 Å². The van der Waals surface area contributed by atoms with Crippen LogP contribution in [0.25, 0.3) is 0 Å². The second-order valence-electron chi connectivity index (χ2n) is 4.46. The van der Waals surface area contributed by atoms with E-state index < -0.39 is 0 Å². The molecule has 0 radical (unpaired) electrons. The fourth-order valence-electron chi connectivity index (χ4n) is 1.57. The molecule has 1 atom stereocenters. The molecule has 0 aliphatic carbocycles. The van der Waals surface area contributed by atoms with E-state index in [2.05, 4.69) is 32.9 Å². The third-order valence-corrected chi connectivity index (χ3v) is 3.58. The van der Waals surface area contributed by atoms with Crippen LogP contribution >= 0.6 is 23.2 Å². The molecule has 0 spiro atoms. The van der Waals surface area contributed by atoms with Crippen molar-refractivity contribution in [3.05, 3.63) is 34.3 Å². The van der Waals surface area contributed by atoms with Gasteiger partial charge in [-0.15, -0.1) is 11.6 Å². The van der Waals surface area contributed by atoms with Gasteiger partial charge in [0.2, 0.25) is 0 Å². The van der Waals surface area contributed by atoms with Crippen LogP contribution in [-0.4, -0.2) is 5.88 Å². The summed E-state index contributed by atoms with van der Waals surface area (Å²) in [6.45, 7) is 6.46. The zero-order chi connectivity index (χ0) is 11.4. The van der Waals surface area contributed by atoms with Gasteiger partial charge >= 0.3 is 0 Å². The second-order valence-corrected chi connectivity index (χ2v) is 5.17. The molecule has 1 aromatic carbocycles. The fourth-order valence-corrected chi connectivity index (χ4v) is 2.35. The van der Waals surface area contributed by atoms with Crippen LogP contribution in [0.15, 0.2) is 18.2 Å². The Balaban J connectivity index is 2.79. The second kappa shape index (κ2) is 5.77. The number of aryl methyl sites for hydroxylation is 1. The molecule has 0 nitrogen and oxygen atoms in total. The third kappa shape index (κ3) is 3.70. The molecule has 1 unspecified atom stereocenters. The van der Waals surface area contributed by atoms with Crippen LogP contribution in [0.2, 0.25) is 5.02 Å². The highest BCUT2D eigenvalue weighted by Gasteiger charge is 2.14. The summed E-state index contributed by atoms with van der Waals surface area (Å²) in [7, 11) is 0. The third-order valence-electron chi connectivity index (χ3n) is 2.83. The molecular formula is C13H18Cl2. The van der Waals surface area contributed by atoms with E-state index in [1.54, 1.807) is 0 Å². The number of halogens is 2. The summed E-state index contributed by atoms with van der Waals surface area (Å²) in [5, 5.41) is 0.866. The summed E-state index contributed by atoms with van der Waals surface area (Å²) >= 11 is 12.1. The maximum absolute atomic E-state index is 6.19. The van der Waals surface area contributed by atoms with Gasteiger partial charge in [-0.3, -0.25) is 0 Å². The number of benzene rings is 1. The Morgan fingerprint density at radius 2 is 1.93 bits per heavy atom. The summed E-state index contributed by atoms with van der Waals surface area (Å²) in [6, 6.07) is 6.23. The van der Waals surface area contributed by atoms with E-state index in [4.69, 9.17) is 23.2 Å². The molecule has 0 fully saturated rings. The van der Waals surface area contributed by atoms with E-state index in [0.29, 0.717) is 17.7 Å². The predicted molar refractivity (Wildman–Crippen MR) is 68.9 cm³/mol. The molecule has 2 heteroatoms. The first kappa shape index (κ1) is 12.9. The minimum atomic E-state index is 0.506. The van der Waals surface area contributed by atoms with Gasteiger partial charge in [-0.1, -0.05) is 37.6 Å². The molecule has 15 heavy (non-hydrogen) atoms. The monoisotopic (exact) mass is 244 g/mol. The van der Waals surface area contributed by atoms with Crippen molar-refractivity contribution >= 4 is 23.2 Å². The Morgan fingerprint density at radius 1 is 1.27 bits per heavy atom. The first-order valence-corrected chi connectivity index (χ1v) is 6.26. The van der Waals surface area contributed by atoms with Crippen LogP contribution in [0.3, 0.4) is 0 Å². The topological polar surface area (TPSA) is 0 Å². The highest BCUT2D eigenvalue weighted by atomic mass is 35.5. The summed E-state index contributed by atoms with van der Waals surface area (Å²) < 4.78 is 0. The van der Waals surface area contributed by atoms with Crippen LogP contribution in [-0.2, 0) is 6.42 Å². The van der Waals surface area contributed by atoms with Gasteiger partial charge in [-0.05, 0) is 42.4 Å².